The van der Waals surface area contributed by atoms with Gasteiger partial charge in [0.25, 0.3) is 5.56 Å². The summed E-state index contributed by atoms with van der Waals surface area (Å²) in [6.45, 7) is 2.04. The molecule has 0 saturated carbocycles. The number of nitrogens with one attached hydrogen (secondary N) is 2. The Morgan fingerprint density at radius 1 is 1.19 bits per heavy atom. The molecule has 1 fully saturated rings. The van der Waals surface area contributed by atoms with Crippen LogP contribution in [0.2, 0.25) is 0 Å². The fourth-order valence-electron chi connectivity index (χ4n) is 4.36. The Bertz CT molecular complexity index is 1020. The second-order valence-electron chi connectivity index (χ2n) is 8.00. The number of hydrogen-bond donors (Lipinski definition) is 2. The molecular weight excluding hydrogens is 449 g/mol. The highest BCUT2D eigenvalue weighted by Crippen LogP contribution is 2.41. The highest BCUT2D eigenvalue weighted by molar-refractivity contribution is 7.98. The number of hydrogen-bond acceptors (Lipinski definition) is 5. The van der Waals surface area contributed by atoms with Gasteiger partial charge in [-0.3, -0.25) is 24.3 Å². The second kappa shape index (κ2) is 9.03. The van der Waals surface area contributed by atoms with Gasteiger partial charge in [0.15, 0.2) is 0 Å². The molecule has 0 bridgehead atoms. The molecule has 0 aliphatic carbocycles. The summed E-state index contributed by atoms with van der Waals surface area (Å²) in [5, 5.41) is 5.76. The lowest BCUT2D eigenvalue weighted by Gasteiger charge is -2.25. The van der Waals surface area contributed by atoms with E-state index in [-0.39, 0.29) is 24.4 Å². The molecule has 2 N–H and O–H groups in total. The number of fused-ring (bicyclic) bond motifs is 1. The van der Waals surface area contributed by atoms with Gasteiger partial charge in [0.05, 0.1) is 17.1 Å². The standard InChI is InChI=1S/C20H25F3N4O2S2/c1-26-17(20(21,22)23)14(18(29)25-26)9-13-12-5-8-30-11-15(12)31-19(13)24-16(28)10-27-6-3-2-4-7-27/h2-11H2,1H3,(H,24,28)(H,25,29). The Hall–Kier alpha value is -1.72. The van der Waals surface area contributed by atoms with E-state index in [0.717, 1.165) is 59.0 Å². The number of alkyl halides is 3. The molecule has 1 saturated heterocycles. The largest absolute Gasteiger partial charge is 0.433 e. The summed E-state index contributed by atoms with van der Waals surface area (Å²) in [6, 6.07) is 0. The normalized spacial score (nSPS) is 17.5. The summed E-state index contributed by atoms with van der Waals surface area (Å²) < 4.78 is 41.6. The van der Waals surface area contributed by atoms with Crippen LogP contribution in [0.3, 0.4) is 0 Å². The second-order valence-corrected chi connectivity index (χ2v) is 10.2. The number of halogens is 3. The topological polar surface area (TPSA) is 70.1 Å². The number of aromatic nitrogens is 2. The molecule has 0 atom stereocenters. The molecule has 2 aromatic rings. The van der Waals surface area contributed by atoms with Crippen LogP contribution in [0, 0.1) is 0 Å². The lowest BCUT2D eigenvalue weighted by molar-refractivity contribution is -0.144. The number of H-pyrrole nitrogens is 1. The van der Waals surface area contributed by atoms with E-state index in [9.17, 15) is 22.8 Å². The van der Waals surface area contributed by atoms with Crippen molar-refractivity contribution in [3.8, 4) is 0 Å². The first kappa shape index (κ1) is 22.5. The predicted octanol–water partition coefficient (Wildman–Crippen LogP) is 3.60. The number of rotatable bonds is 5. The van der Waals surface area contributed by atoms with E-state index in [4.69, 9.17) is 0 Å². The number of carbonyl (C=O) groups is 1. The number of likely N-dealkylation sites (tertiary alicyclic amines) is 1. The third kappa shape index (κ3) is 4.88. The zero-order valence-corrected chi connectivity index (χ0v) is 18.9. The first-order valence-electron chi connectivity index (χ1n) is 10.3. The van der Waals surface area contributed by atoms with Gasteiger partial charge in [-0.05, 0) is 49.2 Å². The molecule has 2 aliphatic rings. The summed E-state index contributed by atoms with van der Waals surface area (Å²) in [7, 11) is 1.19. The smallest absolute Gasteiger partial charge is 0.316 e. The maximum atomic E-state index is 13.6. The van der Waals surface area contributed by atoms with Crippen molar-refractivity contribution in [2.75, 3.05) is 30.7 Å². The summed E-state index contributed by atoms with van der Waals surface area (Å²) in [4.78, 5) is 28.2. The fraction of sp³-hybridized carbons (Fsp3) is 0.600. The highest BCUT2D eigenvalue weighted by atomic mass is 32.2. The lowest BCUT2D eigenvalue weighted by Crippen LogP contribution is -2.36. The predicted molar refractivity (Wildman–Crippen MR) is 117 cm³/mol. The van der Waals surface area contributed by atoms with E-state index >= 15 is 0 Å². The van der Waals surface area contributed by atoms with Gasteiger partial charge in [0, 0.05) is 24.1 Å². The lowest BCUT2D eigenvalue weighted by atomic mass is 9.99. The molecule has 170 valence electrons. The van der Waals surface area contributed by atoms with Crippen molar-refractivity contribution in [1.82, 2.24) is 14.7 Å². The Morgan fingerprint density at radius 3 is 2.65 bits per heavy atom. The Kier molecular flexibility index (Phi) is 6.55. The van der Waals surface area contributed by atoms with Crippen molar-refractivity contribution >= 4 is 34.0 Å². The summed E-state index contributed by atoms with van der Waals surface area (Å²) in [6.07, 6.45) is -0.765. The number of anilines is 1. The van der Waals surface area contributed by atoms with Crippen molar-refractivity contribution in [2.45, 2.75) is 44.0 Å². The Labute approximate surface area is 186 Å². The van der Waals surface area contributed by atoms with E-state index in [1.165, 1.54) is 24.8 Å². The molecule has 0 radical (unpaired) electrons. The van der Waals surface area contributed by atoms with Gasteiger partial charge in [-0.25, -0.2) is 0 Å². The number of aryl methyl sites for hydroxylation is 1. The molecule has 2 aliphatic heterocycles. The average molecular weight is 475 g/mol. The van der Waals surface area contributed by atoms with Gasteiger partial charge in [-0.1, -0.05) is 6.42 Å². The molecule has 1 amide bonds. The maximum Gasteiger partial charge on any atom is 0.433 e. The van der Waals surface area contributed by atoms with Crippen LogP contribution in [0.4, 0.5) is 18.2 Å². The number of carbonyl (C=O) groups excluding carboxylic acids is 1. The van der Waals surface area contributed by atoms with Gasteiger partial charge in [-0.15, -0.1) is 11.3 Å². The van der Waals surface area contributed by atoms with E-state index in [1.54, 1.807) is 11.8 Å². The third-order valence-corrected chi connectivity index (χ3v) is 8.14. The highest BCUT2D eigenvalue weighted by Gasteiger charge is 2.39. The van der Waals surface area contributed by atoms with Gasteiger partial charge >= 0.3 is 6.18 Å². The van der Waals surface area contributed by atoms with Gasteiger partial charge in [-0.2, -0.15) is 24.9 Å². The van der Waals surface area contributed by atoms with E-state index in [1.807, 2.05) is 0 Å². The van der Waals surface area contributed by atoms with Gasteiger partial charge in [0.2, 0.25) is 5.91 Å². The molecule has 11 heteroatoms. The fourth-order valence-corrected chi connectivity index (χ4v) is 6.78. The van der Waals surface area contributed by atoms with Crippen molar-refractivity contribution in [3.63, 3.8) is 0 Å². The Morgan fingerprint density at radius 2 is 1.94 bits per heavy atom. The maximum absolute atomic E-state index is 13.6. The molecule has 4 heterocycles. The van der Waals surface area contributed by atoms with Gasteiger partial charge < -0.3 is 5.32 Å². The third-order valence-electron chi connectivity index (χ3n) is 5.79. The monoisotopic (exact) mass is 474 g/mol. The van der Waals surface area contributed by atoms with Crippen LogP contribution in [0.25, 0.3) is 0 Å². The van der Waals surface area contributed by atoms with E-state index in [2.05, 4.69) is 15.3 Å². The van der Waals surface area contributed by atoms with Crippen LogP contribution in [-0.4, -0.2) is 46.0 Å². The number of nitrogens with zero attached hydrogens (tertiary/aromatic N) is 2. The minimum Gasteiger partial charge on any atom is -0.316 e. The first-order chi connectivity index (χ1) is 14.7. The van der Waals surface area contributed by atoms with Crippen molar-refractivity contribution in [2.24, 2.45) is 7.05 Å². The number of aromatic amines is 1. The molecule has 31 heavy (non-hydrogen) atoms. The van der Waals surface area contributed by atoms with E-state index < -0.39 is 17.4 Å². The number of amides is 1. The van der Waals surface area contributed by atoms with Crippen LogP contribution in [0.1, 0.15) is 46.5 Å². The van der Waals surface area contributed by atoms with Crippen LogP contribution >= 0.6 is 23.1 Å². The van der Waals surface area contributed by atoms with Crippen molar-refractivity contribution < 1.29 is 18.0 Å². The summed E-state index contributed by atoms with van der Waals surface area (Å²) in [5.74, 6) is 1.48. The zero-order chi connectivity index (χ0) is 22.2. The quantitative estimate of drug-likeness (QED) is 0.695. The van der Waals surface area contributed by atoms with E-state index in [0.29, 0.717) is 10.6 Å². The molecule has 0 spiro atoms. The van der Waals surface area contributed by atoms with Crippen molar-refractivity contribution in [3.05, 3.63) is 37.6 Å². The van der Waals surface area contributed by atoms with Crippen LogP contribution in [-0.2, 0) is 36.6 Å². The minimum atomic E-state index is -4.65. The molecular formula is C20H25F3N4O2S2. The van der Waals surface area contributed by atoms with Gasteiger partial charge in [0.1, 0.15) is 5.69 Å². The van der Waals surface area contributed by atoms with Crippen LogP contribution < -0.4 is 10.9 Å². The SMILES string of the molecule is Cn1[nH]c(=O)c(Cc2c(NC(=O)CN3CCCCC3)sc3c2CCSC3)c1C(F)(F)F. The molecule has 4 rings (SSSR count). The van der Waals surface area contributed by atoms with Crippen molar-refractivity contribution in [1.29, 1.82) is 0 Å². The van der Waals surface area contributed by atoms with Crippen LogP contribution in [0.5, 0.6) is 0 Å². The summed E-state index contributed by atoms with van der Waals surface area (Å²) in [5.41, 5.74) is -0.387. The van der Waals surface area contributed by atoms with Crippen LogP contribution in [0.15, 0.2) is 4.79 Å². The number of thiophene rings is 1. The minimum absolute atomic E-state index is 0.152. The molecule has 2 aromatic heterocycles. The molecule has 0 aromatic carbocycles. The molecule has 6 nitrogen and oxygen atoms in total. The summed E-state index contributed by atoms with van der Waals surface area (Å²) >= 11 is 3.19. The zero-order valence-electron chi connectivity index (χ0n) is 17.2. The molecule has 0 unspecified atom stereocenters. The first-order valence-corrected chi connectivity index (χ1v) is 12.3. The average Bonchev–Trinajstić information content (AvgIpc) is 3.19. The number of piperidine rings is 1. The Balaban J connectivity index is 1.64. The number of thioether (sulfide) groups is 1.